The van der Waals surface area contributed by atoms with Gasteiger partial charge in [0.2, 0.25) is 0 Å². The zero-order valence-electron chi connectivity index (χ0n) is 14.2. The second-order valence-corrected chi connectivity index (χ2v) is 7.29. The number of benzene rings is 2. The summed E-state index contributed by atoms with van der Waals surface area (Å²) in [6, 6.07) is 16.1. The molecule has 5 heteroatoms. The number of halogens is 1. The monoisotopic (exact) mass is 403 g/mol. The smallest absolute Gasteiger partial charge is 0.307 e. The highest BCUT2D eigenvalue weighted by Gasteiger charge is 2.32. The average Bonchev–Trinajstić information content (AvgIpc) is 2.63. The molecule has 0 bridgehead atoms. The predicted molar refractivity (Wildman–Crippen MR) is 101 cm³/mol. The number of aliphatic carboxylic acids is 1. The fraction of sp³-hybridized carbons (Fsp3) is 0.350. The summed E-state index contributed by atoms with van der Waals surface area (Å²) in [4.78, 5) is 13.8. The molecule has 2 atom stereocenters. The maximum atomic E-state index is 11.5. The van der Waals surface area contributed by atoms with Gasteiger partial charge in [0.15, 0.2) is 0 Å². The number of rotatable bonds is 5. The van der Waals surface area contributed by atoms with Crippen LogP contribution in [0.25, 0.3) is 0 Å². The van der Waals surface area contributed by atoms with Gasteiger partial charge in [-0.2, -0.15) is 0 Å². The van der Waals surface area contributed by atoms with E-state index in [4.69, 9.17) is 4.74 Å². The molecule has 3 rings (SSSR count). The third-order valence-electron chi connectivity index (χ3n) is 4.77. The largest absolute Gasteiger partial charge is 0.496 e. The summed E-state index contributed by atoms with van der Waals surface area (Å²) in [7, 11) is 1.67. The minimum Gasteiger partial charge on any atom is -0.496 e. The topological polar surface area (TPSA) is 49.8 Å². The number of methoxy groups -OCH3 is 1. The summed E-state index contributed by atoms with van der Waals surface area (Å²) in [5, 5.41) is 9.46. The molecule has 4 nitrogen and oxygen atoms in total. The molecule has 0 saturated carbocycles. The summed E-state index contributed by atoms with van der Waals surface area (Å²) < 4.78 is 6.60. The Morgan fingerprint density at radius 2 is 2.08 bits per heavy atom. The van der Waals surface area contributed by atoms with Crippen LogP contribution in [0.4, 0.5) is 0 Å². The number of likely N-dealkylation sites (tertiary alicyclic amines) is 1. The van der Waals surface area contributed by atoms with Gasteiger partial charge in [0, 0.05) is 16.6 Å². The number of carboxylic acids is 1. The molecule has 1 aliphatic heterocycles. The van der Waals surface area contributed by atoms with Gasteiger partial charge in [-0.25, -0.2) is 0 Å². The van der Waals surface area contributed by atoms with Crippen LogP contribution in [0.3, 0.4) is 0 Å². The first kappa shape index (κ1) is 18.0. The van der Waals surface area contributed by atoms with Crippen molar-refractivity contribution in [2.45, 2.75) is 18.9 Å². The lowest BCUT2D eigenvalue weighted by Crippen LogP contribution is -2.41. The van der Waals surface area contributed by atoms with Crippen LogP contribution in [0.5, 0.6) is 5.75 Å². The molecule has 2 aromatic rings. The van der Waals surface area contributed by atoms with E-state index in [1.807, 2.05) is 30.3 Å². The normalized spacial score (nSPS) is 19.4. The molecule has 132 valence electrons. The highest BCUT2D eigenvalue weighted by molar-refractivity contribution is 9.10. The van der Waals surface area contributed by atoms with E-state index in [1.165, 1.54) is 0 Å². The summed E-state index contributed by atoms with van der Waals surface area (Å²) in [5.74, 6) is -0.208. The van der Waals surface area contributed by atoms with Gasteiger partial charge in [0.25, 0.3) is 0 Å². The van der Waals surface area contributed by atoms with E-state index in [9.17, 15) is 9.90 Å². The Balaban J connectivity index is 2.04. The summed E-state index contributed by atoms with van der Waals surface area (Å²) in [6.45, 7) is 1.42. The molecule has 1 aliphatic rings. The fourth-order valence-corrected chi connectivity index (χ4v) is 4.02. The minimum atomic E-state index is -0.710. The SMILES string of the molecule is COc1ccccc1C(c1cccc(Br)c1)N1CCCC(C(=O)O)C1. The van der Waals surface area contributed by atoms with E-state index in [1.54, 1.807) is 7.11 Å². The third kappa shape index (κ3) is 4.05. The van der Waals surface area contributed by atoms with Crippen molar-refractivity contribution in [2.75, 3.05) is 20.2 Å². The first-order valence-corrected chi connectivity index (χ1v) is 9.24. The van der Waals surface area contributed by atoms with Crippen molar-refractivity contribution in [3.05, 3.63) is 64.1 Å². The van der Waals surface area contributed by atoms with Gasteiger partial charge in [-0.1, -0.05) is 46.3 Å². The first-order chi connectivity index (χ1) is 12.1. The molecule has 1 heterocycles. The molecule has 1 fully saturated rings. The highest BCUT2D eigenvalue weighted by Crippen LogP contribution is 2.37. The highest BCUT2D eigenvalue weighted by atomic mass is 79.9. The van der Waals surface area contributed by atoms with E-state index in [0.29, 0.717) is 6.54 Å². The van der Waals surface area contributed by atoms with Crippen LogP contribution in [0.1, 0.15) is 30.0 Å². The van der Waals surface area contributed by atoms with Crippen LogP contribution < -0.4 is 4.74 Å². The van der Waals surface area contributed by atoms with Crippen LogP contribution in [0.2, 0.25) is 0 Å². The van der Waals surface area contributed by atoms with Gasteiger partial charge in [-0.3, -0.25) is 9.69 Å². The van der Waals surface area contributed by atoms with Gasteiger partial charge < -0.3 is 9.84 Å². The Labute approximate surface area is 156 Å². The fourth-order valence-electron chi connectivity index (χ4n) is 3.60. The average molecular weight is 404 g/mol. The zero-order chi connectivity index (χ0) is 17.8. The number of nitrogens with zero attached hydrogens (tertiary/aromatic N) is 1. The van der Waals surface area contributed by atoms with Crippen molar-refractivity contribution in [3.63, 3.8) is 0 Å². The Bertz CT molecular complexity index is 749. The molecule has 2 unspecified atom stereocenters. The summed E-state index contributed by atoms with van der Waals surface area (Å²) >= 11 is 3.55. The molecule has 1 saturated heterocycles. The molecule has 0 spiro atoms. The van der Waals surface area contributed by atoms with Gasteiger partial charge in [-0.15, -0.1) is 0 Å². The molecular weight excluding hydrogens is 382 g/mol. The maximum absolute atomic E-state index is 11.5. The molecule has 0 aromatic heterocycles. The number of ether oxygens (including phenoxy) is 1. The second-order valence-electron chi connectivity index (χ2n) is 6.37. The Morgan fingerprint density at radius 3 is 2.80 bits per heavy atom. The number of hydrogen-bond acceptors (Lipinski definition) is 3. The van der Waals surface area contributed by atoms with Crippen molar-refractivity contribution in [2.24, 2.45) is 5.92 Å². The van der Waals surface area contributed by atoms with E-state index in [2.05, 4.69) is 39.0 Å². The minimum absolute atomic E-state index is 0.0317. The summed E-state index contributed by atoms with van der Waals surface area (Å²) in [5.41, 5.74) is 2.19. The van der Waals surface area contributed by atoms with Crippen LogP contribution in [-0.4, -0.2) is 36.2 Å². The zero-order valence-corrected chi connectivity index (χ0v) is 15.8. The van der Waals surface area contributed by atoms with Gasteiger partial charge in [0.1, 0.15) is 5.75 Å². The molecule has 1 N–H and O–H groups in total. The van der Waals surface area contributed by atoms with E-state index < -0.39 is 5.97 Å². The lowest BCUT2D eigenvalue weighted by Gasteiger charge is -2.38. The lowest BCUT2D eigenvalue weighted by atomic mass is 9.91. The van der Waals surface area contributed by atoms with Crippen LogP contribution in [0.15, 0.2) is 53.0 Å². The number of carbonyl (C=O) groups is 1. The number of hydrogen-bond donors (Lipinski definition) is 1. The van der Waals surface area contributed by atoms with Crippen molar-refractivity contribution < 1.29 is 14.6 Å². The molecular formula is C20H22BrNO3. The second kappa shape index (κ2) is 8.02. The van der Waals surface area contributed by atoms with E-state index >= 15 is 0 Å². The maximum Gasteiger partial charge on any atom is 0.307 e. The molecule has 0 radical (unpaired) electrons. The van der Waals surface area contributed by atoms with Crippen molar-refractivity contribution in [1.29, 1.82) is 0 Å². The number of piperidine rings is 1. The lowest BCUT2D eigenvalue weighted by molar-refractivity contribution is -0.143. The van der Waals surface area contributed by atoms with Gasteiger partial charge in [-0.05, 0) is 43.1 Å². The van der Waals surface area contributed by atoms with Crippen molar-refractivity contribution in [1.82, 2.24) is 4.90 Å². The molecule has 2 aromatic carbocycles. The van der Waals surface area contributed by atoms with Gasteiger partial charge in [0.05, 0.1) is 19.1 Å². The predicted octanol–water partition coefficient (Wildman–Crippen LogP) is 4.34. The van der Waals surface area contributed by atoms with Crippen LogP contribution >= 0.6 is 15.9 Å². The number of para-hydroxylation sites is 1. The molecule has 0 amide bonds. The summed E-state index contributed by atoms with van der Waals surface area (Å²) in [6.07, 6.45) is 1.62. The Hall–Kier alpha value is -1.85. The molecule has 0 aliphatic carbocycles. The van der Waals surface area contributed by atoms with Crippen LogP contribution in [0, 0.1) is 5.92 Å². The molecule has 25 heavy (non-hydrogen) atoms. The standard InChI is InChI=1S/C20H22BrNO3/c1-25-18-10-3-2-9-17(18)19(14-6-4-8-16(21)12-14)22-11-5-7-15(13-22)20(23)24/h2-4,6,8-10,12,15,19H,5,7,11,13H2,1H3,(H,23,24). The van der Waals surface area contributed by atoms with Crippen LogP contribution in [-0.2, 0) is 4.79 Å². The third-order valence-corrected chi connectivity index (χ3v) is 5.26. The van der Waals surface area contributed by atoms with Crippen molar-refractivity contribution in [3.8, 4) is 5.75 Å². The van der Waals surface area contributed by atoms with Gasteiger partial charge >= 0.3 is 5.97 Å². The van der Waals surface area contributed by atoms with E-state index in [-0.39, 0.29) is 12.0 Å². The quantitative estimate of drug-likeness (QED) is 0.806. The van der Waals surface area contributed by atoms with E-state index in [0.717, 1.165) is 40.7 Å². The Morgan fingerprint density at radius 1 is 1.28 bits per heavy atom. The number of carboxylic acid groups (broad SMARTS) is 1. The first-order valence-electron chi connectivity index (χ1n) is 8.45. The Kier molecular flexibility index (Phi) is 5.76. The van der Waals surface area contributed by atoms with Crippen molar-refractivity contribution >= 4 is 21.9 Å².